The molecule has 5 heteroatoms. The molecule has 0 amide bonds. The Labute approximate surface area is 516 Å². The molecule has 0 rings (SSSR count). The topological polar surface area (TPSA) is 72.8 Å². The minimum atomic E-state index is -0.766. The maximum atomic E-state index is 12.4. The zero-order valence-corrected chi connectivity index (χ0v) is 56.6. The molecule has 0 radical (unpaired) electrons. The molecular formula is C77H152O5. The van der Waals surface area contributed by atoms with Crippen LogP contribution < -0.4 is 0 Å². The van der Waals surface area contributed by atoms with E-state index in [0.717, 1.165) is 32.1 Å². The third-order valence-corrected chi connectivity index (χ3v) is 18.4. The molecule has 0 aromatic rings. The molecule has 0 aromatic heterocycles. The van der Waals surface area contributed by atoms with Crippen molar-refractivity contribution < 1.29 is 24.2 Å². The minimum absolute atomic E-state index is 0.0551. The highest BCUT2D eigenvalue weighted by molar-refractivity contribution is 5.70. The van der Waals surface area contributed by atoms with Gasteiger partial charge in [-0.2, -0.15) is 0 Å². The Morgan fingerprint density at radius 2 is 0.378 bits per heavy atom. The van der Waals surface area contributed by atoms with E-state index in [-0.39, 0.29) is 25.2 Å². The van der Waals surface area contributed by atoms with Gasteiger partial charge >= 0.3 is 11.9 Å². The van der Waals surface area contributed by atoms with Gasteiger partial charge in [0, 0.05) is 12.8 Å². The van der Waals surface area contributed by atoms with Gasteiger partial charge in [-0.15, -0.1) is 0 Å². The minimum Gasteiger partial charge on any atom is -0.462 e. The summed E-state index contributed by atoms with van der Waals surface area (Å²) in [5.74, 6) is -0.556. The summed E-state index contributed by atoms with van der Waals surface area (Å²) in [4.78, 5) is 24.7. The summed E-state index contributed by atoms with van der Waals surface area (Å²) in [5.41, 5.74) is 0. The van der Waals surface area contributed by atoms with E-state index in [1.54, 1.807) is 0 Å². The van der Waals surface area contributed by atoms with Crippen molar-refractivity contribution >= 4 is 11.9 Å². The largest absolute Gasteiger partial charge is 0.462 e. The first-order chi connectivity index (χ1) is 40.6. The molecule has 490 valence electrons. The van der Waals surface area contributed by atoms with E-state index in [2.05, 4.69) is 13.8 Å². The molecular weight excluding hydrogens is 1000 g/mol. The lowest BCUT2D eigenvalue weighted by molar-refractivity contribution is -0.161. The predicted octanol–water partition coefficient (Wildman–Crippen LogP) is 26.8. The van der Waals surface area contributed by atoms with Crippen LogP contribution in [-0.4, -0.2) is 36.4 Å². The van der Waals surface area contributed by atoms with Crippen LogP contribution in [0.25, 0.3) is 0 Å². The number of carbonyl (C=O) groups is 2. The Kier molecular flexibility index (Phi) is 73.2. The molecule has 0 fully saturated rings. The van der Waals surface area contributed by atoms with Crippen LogP contribution in [0.4, 0.5) is 0 Å². The summed E-state index contributed by atoms with van der Waals surface area (Å²) in [7, 11) is 0. The van der Waals surface area contributed by atoms with E-state index in [9.17, 15) is 14.7 Å². The fourth-order valence-corrected chi connectivity index (χ4v) is 12.6. The molecule has 0 spiro atoms. The Morgan fingerprint density at radius 1 is 0.232 bits per heavy atom. The van der Waals surface area contributed by atoms with Gasteiger partial charge in [0.1, 0.15) is 6.61 Å². The number of rotatable bonds is 74. The Bertz CT molecular complexity index is 1170. The van der Waals surface area contributed by atoms with E-state index in [1.165, 1.54) is 405 Å². The van der Waals surface area contributed by atoms with Crippen LogP contribution >= 0.6 is 0 Å². The Hall–Kier alpha value is -1.10. The normalized spacial score (nSPS) is 12.0. The molecule has 0 heterocycles. The fourth-order valence-electron chi connectivity index (χ4n) is 12.6. The van der Waals surface area contributed by atoms with Gasteiger partial charge in [-0.25, -0.2) is 0 Å². The summed E-state index contributed by atoms with van der Waals surface area (Å²) in [6.45, 7) is 4.23. The lowest BCUT2D eigenvalue weighted by Gasteiger charge is -2.15. The highest BCUT2D eigenvalue weighted by atomic mass is 16.6. The SMILES string of the molecule is CCCCCCCCCCCCCCCCCCCCCCCCCCCCCCCCCCCCCCC(=O)OC(CO)COC(=O)CCCCCCCCCCCCCCCCCCCCCCCCCCCCCCCCCC. The summed E-state index contributed by atoms with van der Waals surface area (Å²) in [5, 5.41) is 9.72. The van der Waals surface area contributed by atoms with Crippen LogP contribution in [0.15, 0.2) is 0 Å². The lowest BCUT2D eigenvalue weighted by Crippen LogP contribution is -2.28. The second-order valence-electron chi connectivity index (χ2n) is 26.8. The van der Waals surface area contributed by atoms with Crippen molar-refractivity contribution in [2.45, 2.75) is 469 Å². The van der Waals surface area contributed by atoms with Crippen molar-refractivity contribution in [3.8, 4) is 0 Å². The van der Waals surface area contributed by atoms with Crippen LogP contribution in [0.5, 0.6) is 0 Å². The summed E-state index contributed by atoms with van der Waals surface area (Å²) < 4.78 is 10.8. The maximum Gasteiger partial charge on any atom is 0.306 e. The van der Waals surface area contributed by atoms with Gasteiger partial charge in [0.05, 0.1) is 6.61 Å². The lowest BCUT2D eigenvalue weighted by atomic mass is 10.0. The molecule has 0 saturated heterocycles. The average molecular weight is 1160 g/mol. The first kappa shape index (κ1) is 80.9. The summed E-state index contributed by atoms with van der Waals surface area (Å²) >= 11 is 0. The van der Waals surface area contributed by atoms with E-state index in [4.69, 9.17) is 9.47 Å². The van der Waals surface area contributed by atoms with Crippen molar-refractivity contribution in [1.29, 1.82) is 0 Å². The average Bonchev–Trinajstić information content (AvgIpc) is 3.48. The molecule has 0 aromatic carbocycles. The van der Waals surface area contributed by atoms with Crippen LogP contribution in [-0.2, 0) is 19.1 Å². The highest BCUT2D eigenvalue weighted by Crippen LogP contribution is 2.21. The highest BCUT2D eigenvalue weighted by Gasteiger charge is 2.16. The number of ether oxygens (including phenoxy) is 2. The predicted molar refractivity (Wildman–Crippen MR) is 362 cm³/mol. The van der Waals surface area contributed by atoms with Crippen molar-refractivity contribution in [3.63, 3.8) is 0 Å². The van der Waals surface area contributed by atoms with Crippen molar-refractivity contribution in [3.05, 3.63) is 0 Å². The standard InChI is InChI=1S/C77H152O5/c1-3-5-7-9-11-13-15-17-19-21-23-25-27-29-31-33-35-37-38-39-40-42-44-46-48-50-52-54-56-58-60-62-64-66-68-70-72-77(80)82-75(73-78)74-81-76(79)71-69-67-65-63-61-59-57-55-53-51-49-47-45-43-41-36-34-32-30-28-26-24-22-20-18-16-14-12-10-8-6-4-2/h75,78H,3-74H2,1-2H3. The monoisotopic (exact) mass is 1160 g/mol. The van der Waals surface area contributed by atoms with E-state index < -0.39 is 6.10 Å². The maximum absolute atomic E-state index is 12.4. The summed E-state index contributed by atoms with van der Waals surface area (Å²) in [6.07, 6.45) is 94.8. The van der Waals surface area contributed by atoms with Gasteiger partial charge in [0.2, 0.25) is 0 Å². The van der Waals surface area contributed by atoms with Gasteiger partial charge in [0.15, 0.2) is 6.10 Å². The molecule has 82 heavy (non-hydrogen) atoms. The number of aliphatic hydroxyl groups is 1. The van der Waals surface area contributed by atoms with Crippen molar-refractivity contribution in [2.24, 2.45) is 0 Å². The van der Waals surface area contributed by atoms with Gasteiger partial charge < -0.3 is 14.6 Å². The number of hydrogen-bond acceptors (Lipinski definition) is 5. The second-order valence-corrected chi connectivity index (χ2v) is 26.8. The number of esters is 2. The number of aliphatic hydroxyl groups excluding tert-OH is 1. The smallest absolute Gasteiger partial charge is 0.306 e. The van der Waals surface area contributed by atoms with E-state index >= 15 is 0 Å². The molecule has 0 aliphatic rings. The van der Waals surface area contributed by atoms with Gasteiger partial charge in [0.25, 0.3) is 0 Å². The molecule has 5 nitrogen and oxygen atoms in total. The van der Waals surface area contributed by atoms with Crippen LogP contribution in [0.3, 0.4) is 0 Å². The quantitative estimate of drug-likeness (QED) is 0.0485. The van der Waals surface area contributed by atoms with Gasteiger partial charge in [-0.05, 0) is 12.8 Å². The zero-order chi connectivity index (χ0) is 59.1. The van der Waals surface area contributed by atoms with E-state index in [0.29, 0.717) is 12.8 Å². The molecule has 0 aliphatic carbocycles. The molecule has 0 aliphatic heterocycles. The Morgan fingerprint density at radius 3 is 0.537 bits per heavy atom. The third kappa shape index (κ3) is 71.4. The molecule has 0 saturated carbocycles. The number of hydrogen-bond donors (Lipinski definition) is 1. The third-order valence-electron chi connectivity index (χ3n) is 18.4. The van der Waals surface area contributed by atoms with Gasteiger partial charge in [-0.1, -0.05) is 438 Å². The fraction of sp³-hybridized carbons (Fsp3) is 0.974. The summed E-state index contributed by atoms with van der Waals surface area (Å²) in [6, 6.07) is 0. The molecule has 1 unspecified atom stereocenters. The number of unbranched alkanes of at least 4 members (excludes halogenated alkanes) is 66. The molecule has 0 bridgehead atoms. The Balaban J connectivity index is 3.33. The van der Waals surface area contributed by atoms with Crippen molar-refractivity contribution in [2.75, 3.05) is 13.2 Å². The first-order valence-electron chi connectivity index (χ1n) is 38.6. The second kappa shape index (κ2) is 74.2. The zero-order valence-electron chi connectivity index (χ0n) is 56.6. The van der Waals surface area contributed by atoms with Crippen LogP contribution in [0.1, 0.15) is 463 Å². The molecule has 1 N–H and O–H groups in total. The van der Waals surface area contributed by atoms with Gasteiger partial charge in [-0.3, -0.25) is 9.59 Å². The first-order valence-corrected chi connectivity index (χ1v) is 38.6. The number of carbonyl (C=O) groups excluding carboxylic acids is 2. The van der Waals surface area contributed by atoms with Crippen LogP contribution in [0, 0.1) is 0 Å². The van der Waals surface area contributed by atoms with Crippen molar-refractivity contribution in [1.82, 2.24) is 0 Å². The van der Waals surface area contributed by atoms with E-state index in [1.807, 2.05) is 0 Å². The molecule has 1 atom stereocenters. The van der Waals surface area contributed by atoms with Crippen LogP contribution in [0.2, 0.25) is 0 Å².